The highest BCUT2D eigenvalue weighted by Crippen LogP contribution is 2.30. The summed E-state index contributed by atoms with van der Waals surface area (Å²) in [4.78, 5) is 26.9. The van der Waals surface area contributed by atoms with Gasteiger partial charge in [-0.1, -0.05) is 48.5 Å². The number of benzene rings is 3. The van der Waals surface area contributed by atoms with Crippen LogP contribution in [0.3, 0.4) is 0 Å². The van der Waals surface area contributed by atoms with E-state index < -0.39 is 5.92 Å². The number of aldehydes is 1. The van der Waals surface area contributed by atoms with Crippen molar-refractivity contribution in [2.24, 2.45) is 5.73 Å². The maximum atomic E-state index is 13.2. The number of piperidine rings is 1. The van der Waals surface area contributed by atoms with Gasteiger partial charge in [-0.25, -0.2) is 0 Å². The van der Waals surface area contributed by atoms with E-state index in [4.69, 9.17) is 5.73 Å². The van der Waals surface area contributed by atoms with E-state index >= 15 is 0 Å². The number of rotatable bonds is 6. The molecule has 0 aliphatic carbocycles. The van der Waals surface area contributed by atoms with Crippen LogP contribution in [0, 0.1) is 0 Å². The molecule has 0 aromatic heterocycles. The molecule has 4 rings (SSSR count). The SMILES string of the molecule is Cl.NCc1cccc(C2CCN(C(=O)c3cccc(C(C=O)c4ccc(O)cc4)c3)CC2)c1. The average molecular weight is 465 g/mol. The third-order valence-electron chi connectivity index (χ3n) is 6.32. The summed E-state index contributed by atoms with van der Waals surface area (Å²) in [6.07, 6.45) is 2.71. The van der Waals surface area contributed by atoms with Crippen LogP contribution >= 0.6 is 12.4 Å². The zero-order valence-electron chi connectivity index (χ0n) is 18.4. The van der Waals surface area contributed by atoms with E-state index in [9.17, 15) is 14.7 Å². The smallest absolute Gasteiger partial charge is 0.253 e. The number of nitrogens with two attached hydrogens (primary N) is 1. The van der Waals surface area contributed by atoms with Crippen molar-refractivity contribution in [3.63, 3.8) is 0 Å². The van der Waals surface area contributed by atoms with Crippen LogP contribution in [0.25, 0.3) is 0 Å². The van der Waals surface area contributed by atoms with Gasteiger partial charge in [0.1, 0.15) is 12.0 Å². The number of halogens is 1. The molecule has 3 aromatic carbocycles. The molecular weight excluding hydrogens is 436 g/mol. The van der Waals surface area contributed by atoms with Crippen molar-refractivity contribution in [1.29, 1.82) is 0 Å². The molecule has 3 N–H and O–H groups in total. The fourth-order valence-electron chi connectivity index (χ4n) is 4.47. The van der Waals surface area contributed by atoms with Gasteiger partial charge in [0.25, 0.3) is 5.91 Å². The number of carbonyl (C=O) groups excluding carboxylic acids is 2. The molecule has 0 spiro atoms. The van der Waals surface area contributed by atoms with Gasteiger partial charge in [-0.3, -0.25) is 4.79 Å². The van der Waals surface area contributed by atoms with Crippen LogP contribution in [0.1, 0.15) is 57.3 Å². The van der Waals surface area contributed by atoms with Gasteiger partial charge >= 0.3 is 0 Å². The quantitative estimate of drug-likeness (QED) is 0.521. The summed E-state index contributed by atoms with van der Waals surface area (Å²) in [7, 11) is 0. The highest BCUT2D eigenvalue weighted by atomic mass is 35.5. The molecule has 1 amide bonds. The predicted molar refractivity (Wildman–Crippen MR) is 132 cm³/mol. The largest absolute Gasteiger partial charge is 0.508 e. The molecule has 0 bridgehead atoms. The first-order chi connectivity index (χ1) is 15.6. The third kappa shape index (κ3) is 5.62. The predicted octanol–water partition coefficient (Wildman–Crippen LogP) is 4.62. The Labute approximate surface area is 200 Å². The van der Waals surface area contributed by atoms with Crippen molar-refractivity contribution in [1.82, 2.24) is 4.90 Å². The number of hydrogen-bond donors (Lipinski definition) is 2. The van der Waals surface area contributed by atoms with Crippen LogP contribution in [0.2, 0.25) is 0 Å². The Hall–Kier alpha value is -3.15. The minimum Gasteiger partial charge on any atom is -0.508 e. The number of hydrogen-bond acceptors (Lipinski definition) is 4. The minimum atomic E-state index is -0.482. The Kier molecular flexibility index (Phi) is 8.26. The Morgan fingerprint density at radius 3 is 2.36 bits per heavy atom. The molecule has 33 heavy (non-hydrogen) atoms. The van der Waals surface area contributed by atoms with Crippen molar-refractivity contribution in [3.8, 4) is 5.75 Å². The topological polar surface area (TPSA) is 83.6 Å². The van der Waals surface area contributed by atoms with Gasteiger partial charge in [-0.2, -0.15) is 0 Å². The summed E-state index contributed by atoms with van der Waals surface area (Å²) in [5, 5.41) is 9.52. The Morgan fingerprint density at radius 2 is 1.70 bits per heavy atom. The zero-order valence-corrected chi connectivity index (χ0v) is 19.2. The fourth-order valence-corrected chi connectivity index (χ4v) is 4.47. The molecule has 1 aliphatic rings. The van der Waals surface area contributed by atoms with Crippen LogP contribution in [0.5, 0.6) is 5.75 Å². The van der Waals surface area contributed by atoms with Crippen molar-refractivity contribution in [2.45, 2.75) is 31.2 Å². The van der Waals surface area contributed by atoms with E-state index in [-0.39, 0.29) is 24.1 Å². The summed E-state index contributed by atoms with van der Waals surface area (Å²) in [5.41, 5.74) is 10.4. The lowest BCUT2D eigenvalue weighted by Crippen LogP contribution is -2.38. The van der Waals surface area contributed by atoms with Gasteiger partial charge in [-0.15, -0.1) is 12.4 Å². The minimum absolute atomic E-state index is 0. The van der Waals surface area contributed by atoms with E-state index in [1.54, 1.807) is 30.3 Å². The first-order valence-electron chi connectivity index (χ1n) is 11.0. The average Bonchev–Trinajstić information content (AvgIpc) is 2.85. The number of carbonyl (C=O) groups is 2. The molecule has 6 heteroatoms. The summed E-state index contributed by atoms with van der Waals surface area (Å²) < 4.78 is 0. The van der Waals surface area contributed by atoms with Gasteiger partial charge in [-0.05, 0) is 65.3 Å². The first kappa shape index (κ1) is 24.5. The molecule has 1 aliphatic heterocycles. The molecule has 1 atom stereocenters. The first-order valence-corrected chi connectivity index (χ1v) is 11.0. The van der Waals surface area contributed by atoms with E-state index in [0.29, 0.717) is 31.1 Å². The second kappa shape index (κ2) is 11.1. The van der Waals surface area contributed by atoms with E-state index in [1.165, 1.54) is 5.56 Å². The fraction of sp³-hybridized carbons (Fsp3) is 0.259. The number of nitrogens with zero attached hydrogens (tertiary/aromatic N) is 1. The summed E-state index contributed by atoms with van der Waals surface area (Å²) in [5.74, 6) is 0.103. The lowest BCUT2D eigenvalue weighted by atomic mass is 9.88. The molecule has 1 heterocycles. The van der Waals surface area contributed by atoms with Crippen LogP contribution < -0.4 is 5.73 Å². The van der Waals surface area contributed by atoms with Crippen LogP contribution in [0.15, 0.2) is 72.8 Å². The molecule has 3 aromatic rings. The van der Waals surface area contributed by atoms with Gasteiger partial charge in [0, 0.05) is 25.2 Å². The Bertz CT molecular complexity index is 1090. The lowest BCUT2D eigenvalue weighted by molar-refractivity contribution is -0.108. The monoisotopic (exact) mass is 464 g/mol. The third-order valence-corrected chi connectivity index (χ3v) is 6.32. The second-order valence-electron chi connectivity index (χ2n) is 8.35. The summed E-state index contributed by atoms with van der Waals surface area (Å²) in [6, 6.07) is 22.3. The summed E-state index contributed by atoms with van der Waals surface area (Å²) >= 11 is 0. The van der Waals surface area contributed by atoms with E-state index in [0.717, 1.165) is 35.8 Å². The zero-order chi connectivity index (χ0) is 22.5. The van der Waals surface area contributed by atoms with Crippen molar-refractivity contribution in [2.75, 3.05) is 13.1 Å². The van der Waals surface area contributed by atoms with E-state index in [2.05, 4.69) is 18.2 Å². The number of aromatic hydroxyl groups is 1. The second-order valence-corrected chi connectivity index (χ2v) is 8.35. The summed E-state index contributed by atoms with van der Waals surface area (Å²) in [6.45, 7) is 1.94. The van der Waals surface area contributed by atoms with Gasteiger partial charge in [0.05, 0.1) is 5.92 Å². The Morgan fingerprint density at radius 1 is 1.00 bits per heavy atom. The number of amides is 1. The molecule has 172 valence electrons. The van der Waals surface area contributed by atoms with Crippen LogP contribution in [0.4, 0.5) is 0 Å². The number of phenols is 1. The molecule has 5 nitrogen and oxygen atoms in total. The molecule has 1 saturated heterocycles. The van der Waals surface area contributed by atoms with E-state index in [1.807, 2.05) is 29.2 Å². The highest BCUT2D eigenvalue weighted by molar-refractivity contribution is 5.94. The lowest BCUT2D eigenvalue weighted by Gasteiger charge is -2.32. The maximum absolute atomic E-state index is 13.2. The van der Waals surface area contributed by atoms with Gasteiger partial charge in [0.2, 0.25) is 0 Å². The molecule has 0 saturated carbocycles. The number of phenolic OH excluding ortho intramolecular Hbond substituents is 1. The normalized spacial score (nSPS) is 14.9. The standard InChI is InChI=1S/C27H28N2O3.ClH/c28-17-19-3-1-4-22(15-19)20-11-13-29(14-12-20)27(32)24-6-2-5-23(16-24)26(18-30)21-7-9-25(31)10-8-21;/h1-10,15-16,18,20,26,31H,11-14,17,28H2;1H. The number of likely N-dealkylation sites (tertiary alicyclic amines) is 1. The molecule has 0 radical (unpaired) electrons. The molecule has 1 fully saturated rings. The van der Waals surface area contributed by atoms with Crippen molar-refractivity contribution < 1.29 is 14.7 Å². The van der Waals surface area contributed by atoms with Gasteiger partial charge < -0.3 is 20.5 Å². The van der Waals surface area contributed by atoms with Crippen molar-refractivity contribution >= 4 is 24.6 Å². The van der Waals surface area contributed by atoms with Crippen LogP contribution in [-0.4, -0.2) is 35.3 Å². The molecular formula is C27H29ClN2O3. The Balaban J connectivity index is 0.00000306. The molecule has 1 unspecified atom stereocenters. The maximum Gasteiger partial charge on any atom is 0.253 e. The highest BCUT2D eigenvalue weighted by Gasteiger charge is 2.25. The van der Waals surface area contributed by atoms with Crippen molar-refractivity contribution in [3.05, 3.63) is 101 Å². The van der Waals surface area contributed by atoms with Crippen LogP contribution in [-0.2, 0) is 11.3 Å². The van der Waals surface area contributed by atoms with Gasteiger partial charge in [0.15, 0.2) is 0 Å².